The number of hydrogen-bond donors (Lipinski definition) is 3. The first-order valence-electron chi connectivity index (χ1n) is 7.23. The van der Waals surface area contributed by atoms with E-state index in [1.165, 1.54) is 6.42 Å². The van der Waals surface area contributed by atoms with E-state index in [2.05, 4.69) is 18.3 Å². The van der Waals surface area contributed by atoms with Crippen molar-refractivity contribution in [3.63, 3.8) is 0 Å². The fourth-order valence-electron chi connectivity index (χ4n) is 3.18. The predicted octanol–water partition coefficient (Wildman–Crippen LogP) is 2.69. The first kappa shape index (κ1) is 14.7. The third-order valence-corrected chi connectivity index (χ3v) is 4.22. The minimum Gasteiger partial charge on any atom is -0.398 e. The highest BCUT2D eigenvalue weighted by Crippen LogP contribution is 2.35. The van der Waals surface area contributed by atoms with Gasteiger partial charge < -0.3 is 16.2 Å². The van der Waals surface area contributed by atoms with Crippen LogP contribution in [0.25, 0.3) is 0 Å². The number of hydrogen-bond acceptors (Lipinski definition) is 4. The van der Waals surface area contributed by atoms with E-state index in [-0.39, 0.29) is 12.1 Å². The highest BCUT2D eigenvalue weighted by atomic mass is 16.3. The van der Waals surface area contributed by atoms with Crippen LogP contribution in [-0.4, -0.2) is 17.3 Å². The molecule has 2 unspecified atom stereocenters. The van der Waals surface area contributed by atoms with E-state index in [0.29, 0.717) is 18.0 Å². The SMILES string of the molecule is CC1CCCC(CO)(Nc2ccc(N)c(CC#N)c2)C1. The summed E-state index contributed by atoms with van der Waals surface area (Å²) < 4.78 is 0. The Morgan fingerprint density at radius 1 is 1.55 bits per heavy atom. The first-order valence-corrected chi connectivity index (χ1v) is 7.23. The lowest BCUT2D eigenvalue weighted by Crippen LogP contribution is -2.45. The molecular formula is C16H23N3O. The van der Waals surface area contributed by atoms with Gasteiger partial charge in [0, 0.05) is 11.4 Å². The van der Waals surface area contributed by atoms with Crippen LogP contribution in [0.2, 0.25) is 0 Å². The molecule has 1 aliphatic rings. The van der Waals surface area contributed by atoms with Crippen molar-refractivity contribution in [1.82, 2.24) is 0 Å². The summed E-state index contributed by atoms with van der Waals surface area (Å²) in [5.41, 5.74) is 8.05. The van der Waals surface area contributed by atoms with Crippen LogP contribution in [-0.2, 0) is 6.42 Å². The van der Waals surface area contributed by atoms with Gasteiger partial charge in [-0.1, -0.05) is 19.8 Å². The monoisotopic (exact) mass is 273 g/mol. The van der Waals surface area contributed by atoms with E-state index in [1.54, 1.807) is 0 Å². The van der Waals surface area contributed by atoms with Gasteiger partial charge in [-0.2, -0.15) is 5.26 Å². The Labute approximate surface area is 120 Å². The van der Waals surface area contributed by atoms with Gasteiger partial charge >= 0.3 is 0 Å². The van der Waals surface area contributed by atoms with Gasteiger partial charge in [0.2, 0.25) is 0 Å². The Hall–Kier alpha value is -1.73. The maximum absolute atomic E-state index is 9.81. The molecule has 0 spiro atoms. The highest BCUT2D eigenvalue weighted by molar-refractivity contribution is 5.59. The van der Waals surface area contributed by atoms with Gasteiger partial charge in [0.05, 0.1) is 24.6 Å². The molecule has 0 radical (unpaired) electrons. The summed E-state index contributed by atoms with van der Waals surface area (Å²) in [4.78, 5) is 0. The third-order valence-electron chi connectivity index (χ3n) is 4.22. The van der Waals surface area contributed by atoms with Crippen molar-refractivity contribution in [2.24, 2.45) is 5.92 Å². The zero-order valence-electron chi connectivity index (χ0n) is 12.0. The summed E-state index contributed by atoms with van der Waals surface area (Å²) >= 11 is 0. The number of nitrogens with zero attached hydrogens (tertiary/aromatic N) is 1. The van der Waals surface area contributed by atoms with Crippen molar-refractivity contribution in [3.05, 3.63) is 23.8 Å². The molecule has 1 saturated carbocycles. The van der Waals surface area contributed by atoms with Crippen LogP contribution >= 0.6 is 0 Å². The number of aliphatic hydroxyl groups is 1. The highest BCUT2D eigenvalue weighted by Gasteiger charge is 2.34. The summed E-state index contributed by atoms with van der Waals surface area (Å²) in [6, 6.07) is 7.80. The topological polar surface area (TPSA) is 82.1 Å². The minimum atomic E-state index is -0.238. The molecule has 0 aliphatic heterocycles. The average Bonchev–Trinajstić information content (AvgIpc) is 2.43. The number of benzene rings is 1. The molecule has 4 N–H and O–H groups in total. The molecule has 108 valence electrons. The van der Waals surface area contributed by atoms with Gasteiger partial charge in [-0.3, -0.25) is 0 Å². The van der Waals surface area contributed by atoms with Crippen molar-refractivity contribution in [3.8, 4) is 6.07 Å². The molecule has 2 rings (SSSR count). The van der Waals surface area contributed by atoms with Crippen molar-refractivity contribution >= 4 is 11.4 Å². The van der Waals surface area contributed by atoms with Crippen LogP contribution in [0.1, 0.15) is 38.2 Å². The second-order valence-corrected chi connectivity index (χ2v) is 6.01. The molecule has 1 aliphatic carbocycles. The fraction of sp³-hybridized carbons (Fsp3) is 0.562. The standard InChI is InChI=1S/C16H23N3O/c1-12-3-2-7-16(10-12,11-20)19-14-4-5-15(18)13(9-14)6-8-17/h4-5,9,12,19-20H,2-3,6-7,10-11,18H2,1H3. The van der Waals surface area contributed by atoms with Crippen LogP contribution in [0, 0.1) is 17.2 Å². The lowest BCUT2D eigenvalue weighted by atomic mass is 9.76. The Kier molecular flexibility index (Phi) is 4.51. The van der Waals surface area contributed by atoms with Crippen molar-refractivity contribution < 1.29 is 5.11 Å². The number of nitrogen functional groups attached to an aromatic ring is 1. The summed E-state index contributed by atoms with van der Waals surface area (Å²) in [6.45, 7) is 2.37. The summed E-state index contributed by atoms with van der Waals surface area (Å²) in [7, 11) is 0. The van der Waals surface area contributed by atoms with Gasteiger partial charge in [0.1, 0.15) is 0 Å². The molecule has 0 aromatic heterocycles. The fourth-order valence-corrected chi connectivity index (χ4v) is 3.18. The Balaban J connectivity index is 2.19. The molecule has 0 saturated heterocycles. The molecule has 20 heavy (non-hydrogen) atoms. The predicted molar refractivity (Wildman–Crippen MR) is 81.2 cm³/mol. The summed E-state index contributed by atoms with van der Waals surface area (Å²) in [5.74, 6) is 0.621. The Morgan fingerprint density at radius 3 is 3.00 bits per heavy atom. The van der Waals surface area contributed by atoms with Crippen molar-refractivity contribution in [2.75, 3.05) is 17.7 Å². The van der Waals surface area contributed by atoms with Crippen LogP contribution < -0.4 is 11.1 Å². The number of rotatable bonds is 4. The molecule has 1 fully saturated rings. The van der Waals surface area contributed by atoms with Gasteiger partial charge in [0.15, 0.2) is 0 Å². The average molecular weight is 273 g/mol. The maximum atomic E-state index is 9.81. The maximum Gasteiger partial charge on any atom is 0.0670 e. The molecule has 0 bridgehead atoms. The molecule has 0 amide bonds. The zero-order chi connectivity index (χ0) is 14.6. The largest absolute Gasteiger partial charge is 0.398 e. The van der Waals surface area contributed by atoms with Crippen LogP contribution in [0.4, 0.5) is 11.4 Å². The minimum absolute atomic E-state index is 0.134. The van der Waals surface area contributed by atoms with Crippen molar-refractivity contribution in [2.45, 2.75) is 44.6 Å². The molecular weight excluding hydrogens is 250 g/mol. The third kappa shape index (κ3) is 3.23. The van der Waals surface area contributed by atoms with Gasteiger partial charge in [-0.25, -0.2) is 0 Å². The zero-order valence-corrected chi connectivity index (χ0v) is 12.0. The van der Waals surface area contributed by atoms with E-state index in [9.17, 15) is 5.11 Å². The summed E-state index contributed by atoms with van der Waals surface area (Å²) in [6.07, 6.45) is 4.62. The second-order valence-electron chi connectivity index (χ2n) is 6.01. The van der Waals surface area contributed by atoms with Crippen LogP contribution in [0.15, 0.2) is 18.2 Å². The lowest BCUT2D eigenvalue weighted by molar-refractivity contribution is 0.149. The first-order chi connectivity index (χ1) is 9.58. The normalized spacial score (nSPS) is 25.9. The molecule has 1 aromatic rings. The number of nitrogens with one attached hydrogen (secondary N) is 1. The van der Waals surface area contributed by atoms with Gasteiger partial charge in [0.25, 0.3) is 0 Å². The quantitative estimate of drug-likeness (QED) is 0.737. The number of anilines is 2. The van der Waals surface area contributed by atoms with E-state index in [4.69, 9.17) is 11.0 Å². The lowest BCUT2D eigenvalue weighted by Gasteiger charge is -2.40. The van der Waals surface area contributed by atoms with Gasteiger partial charge in [-0.15, -0.1) is 0 Å². The molecule has 2 atom stereocenters. The smallest absolute Gasteiger partial charge is 0.0670 e. The molecule has 4 heteroatoms. The van der Waals surface area contributed by atoms with Gasteiger partial charge in [-0.05, 0) is 42.5 Å². The Bertz CT molecular complexity index is 509. The van der Waals surface area contributed by atoms with E-state index in [0.717, 1.165) is 30.5 Å². The van der Waals surface area contributed by atoms with Crippen LogP contribution in [0.5, 0.6) is 0 Å². The van der Waals surface area contributed by atoms with Crippen molar-refractivity contribution in [1.29, 1.82) is 5.26 Å². The number of nitriles is 1. The molecule has 4 nitrogen and oxygen atoms in total. The Morgan fingerprint density at radius 2 is 2.35 bits per heavy atom. The number of nitrogens with two attached hydrogens (primary N) is 1. The van der Waals surface area contributed by atoms with Crippen LogP contribution in [0.3, 0.4) is 0 Å². The van der Waals surface area contributed by atoms with E-state index >= 15 is 0 Å². The second kappa shape index (κ2) is 6.15. The van der Waals surface area contributed by atoms with E-state index < -0.39 is 0 Å². The summed E-state index contributed by atoms with van der Waals surface area (Å²) in [5, 5.41) is 22.1. The number of aliphatic hydroxyl groups excluding tert-OH is 1. The molecule has 0 heterocycles. The molecule has 1 aromatic carbocycles. The van der Waals surface area contributed by atoms with E-state index in [1.807, 2.05) is 18.2 Å².